The van der Waals surface area contributed by atoms with Crippen LogP contribution in [0, 0.1) is 5.41 Å². The summed E-state index contributed by atoms with van der Waals surface area (Å²) in [4.78, 5) is 4.13. The molecule has 1 aromatic rings. The molecule has 1 saturated carbocycles. The minimum Gasteiger partial charge on any atom is -0.323 e. The van der Waals surface area contributed by atoms with Crippen molar-refractivity contribution in [2.24, 2.45) is 11.1 Å². The molecule has 1 fully saturated rings. The number of aromatic nitrogens is 1. The third-order valence-corrected chi connectivity index (χ3v) is 3.37. The predicted molar refractivity (Wildman–Crippen MR) is 46.5 cm³/mol. The normalized spacial score (nSPS) is 28.9. The molecule has 62 valence electrons. The molecule has 0 amide bonds. The molecule has 1 aromatic heterocycles. The van der Waals surface area contributed by atoms with Crippen molar-refractivity contribution in [3.8, 4) is 0 Å². The molecular formula is C10H12N2. The second-order valence-corrected chi connectivity index (χ2v) is 4.09. The number of rotatable bonds is 0. The Bertz CT molecular complexity index is 328. The van der Waals surface area contributed by atoms with Crippen LogP contribution >= 0.6 is 0 Å². The molecule has 0 aromatic carbocycles. The maximum atomic E-state index is 6.16. The molecule has 2 N–H and O–H groups in total. The van der Waals surface area contributed by atoms with Crippen molar-refractivity contribution < 1.29 is 0 Å². The maximum absolute atomic E-state index is 6.16. The molecule has 0 saturated heterocycles. The van der Waals surface area contributed by atoms with Crippen molar-refractivity contribution in [2.45, 2.75) is 25.3 Å². The molecule has 0 bridgehead atoms. The fraction of sp³-hybridized carbons (Fsp3) is 0.500. The van der Waals surface area contributed by atoms with E-state index in [0.29, 0.717) is 5.41 Å². The van der Waals surface area contributed by atoms with E-state index in [4.69, 9.17) is 5.73 Å². The van der Waals surface area contributed by atoms with Gasteiger partial charge in [-0.15, -0.1) is 0 Å². The van der Waals surface area contributed by atoms with Crippen LogP contribution in [0.1, 0.15) is 30.0 Å². The molecule has 1 unspecified atom stereocenters. The first-order valence-electron chi connectivity index (χ1n) is 4.50. The summed E-state index contributed by atoms with van der Waals surface area (Å²) in [5, 5.41) is 0. The first kappa shape index (κ1) is 6.61. The second kappa shape index (κ2) is 1.88. The van der Waals surface area contributed by atoms with Crippen molar-refractivity contribution in [3.63, 3.8) is 0 Å². The SMILES string of the molecule is NC1c2ccncc2CC12CC2. The number of fused-ring (bicyclic) bond motifs is 1. The smallest absolute Gasteiger partial charge is 0.0359 e. The van der Waals surface area contributed by atoms with Gasteiger partial charge in [-0.25, -0.2) is 0 Å². The van der Waals surface area contributed by atoms with Gasteiger partial charge in [0.25, 0.3) is 0 Å². The minimum absolute atomic E-state index is 0.287. The van der Waals surface area contributed by atoms with Gasteiger partial charge in [0.2, 0.25) is 0 Å². The van der Waals surface area contributed by atoms with Crippen molar-refractivity contribution in [1.29, 1.82) is 0 Å². The van der Waals surface area contributed by atoms with E-state index in [9.17, 15) is 0 Å². The Morgan fingerprint density at radius 3 is 3.00 bits per heavy atom. The van der Waals surface area contributed by atoms with Crippen LogP contribution in [-0.2, 0) is 6.42 Å². The summed E-state index contributed by atoms with van der Waals surface area (Å²) in [7, 11) is 0. The van der Waals surface area contributed by atoms with E-state index < -0.39 is 0 Å². The van der Waals surface area contributed by atoms with Crippen molar-refractivity contribution in [1.82, 2.24) is 4.98 Å². The van der Waals surface area contributed by atoms with Crippen molar-refractivity contribution in [3.05, 3.63) is 29.6 Å². The molecule has 2 nitrogen and oxygen atoms in total. The molecule has 3 rings (SSSR count). The first-order valence-corrected chi connectivity index (χ1v) is 4.50. The van der Waals surface area contributed by atoms with Gasteiger partial charge in [0, 0.05) is 18.4 Å². The molecule has 1 atom stereocenters. The van der Waals surface area contributed by atoms with Gasteiger partial charge in [0.05, 0.1) is 0 Å². The lowest BCUT2D eigenvalue weighted by Crippen LogP contribution is -2.17. The van der Waals surface area contributed by atoms with Gasteiger partial charge < -0.3 is 5.73 Å². The molecule has 2 aliphatic carbocycles. The molecule has 12 heavy (non-hydrogen) atoms. The summed E-state index contributed by atoms with van der Waals surface area (Å²) in [6.07, 6.45) is 7.60. The Balaban J connectivity index is 2.13. The lowest BCUT2D eigenvalue weighted by atomic mass is 9.99. The van der Waals surface area contributed by atoms with Crippen LogP contribution in [-0.4, -0.2) is 4.98 Å². The van der Waals surface area contributed by atoms with Crippen molar-refractivity contribution in [2.75, 3.05) is 0 Å². The van der Waals surface area contributed by atoms with Crippen molar-refractivity contribution >= 4 is 0 Å². The van der Waals surface area contributed by atoms with Gasteiger partial charge >= 0.3 is 0 Å². The van der Waals surface area contributed by atoms with Crippen LogP contribution in [0.5, 0.6) is 0 Å². The largest absolute Gasteiger partial charge is 0.323 e. The Morgan fingerprint density at radius 1 is 1.50 bits per heavy atom. The Labute approximate surface area is 71.8 Å². The Kier molecular flexibility index (Phi) is 1.04. The van der Waals surface area contributed by atoms with Crippen LogP contribution in [0.15, 0.2) is 18.5 Å². The van der Waals surface area contributed by atoms with Crippen LogP contribution in [0.4, 0.5) is 0 Å². The van der Waals surface area contributed by atoms with Gasteiger partial charge in [-0.05, 0) is 41.9 Å². The fourth-order valence-electron chi connectivity index (χ4n) is 2.36. The van der Waals surface area contributed by atoms with Crippen LogP contribution in [0.3, 0.4) is 0 Å². The van der Waals surface area contributed by atoms with E-state index in [0.717, 1.165) is 6.42 Å². The standard InChI is InChI=1S/C10H12N2/c11-9-8-1-4-12-6-7(8)5-10(9)2-3-10/h1,4,6,9H,2-3,5,11H2. The second-order valence-electron chi connectivity index (χ2n) is 4.09. The maximum Gasteiger partial charge on any atom is 0.0359 e. The monoisotopic (exact) mass is 160 g/mol. The molecular weight excluding hydrogens is 148 g/mol. The van der Waals surface area contributed by atoms with E-state index >= 15 is 0 Å². The average molecular weight is 160 g/mol. The molecule has 1 heterocycles. The highest BCUT2D eigenvalue weighted by Gasteiger charge is 2.52. The number of hydrogen-bond acceptors (Lipinski definition) is 2. The topological polar surface area (TPSA) is 38.9 Å². The summed E-state index contributed by atoms with van der Waals surface area (Å²) >= 11 is 0. The molecule has 2 aliphatic rings. The molecule has 2 heteroatoms. The number of hydrogen-bond donors (Lipinski definition) is 1. The van der Waals surface area contributed by atoms with Gasteiger partial charge in [0.1, 0.15) is 0 Å². The Hall–Kier alpha value is -0.890. The Morgan fingerprint density at radius 2 is 2.33 bits per heavy atom. The van der Waals surface area contributed by atoms with Gasteiger partial charge in [-0.3, -0.25) is 4.98 Å². The average Bonchev–Trinajstić information content (AvgIpc) is 2.79. The third-order valence-electron chi connectivity index (χ3n) is 3.37. The number of nitrogens with two attached hydrogens (primary N) is 1. The lowest BCUT2D eigenvalue weighted by molar-refractivity contribution is 0.446. The first-order chi connectivity index (χ1) is 5.82. The third kappa shape index (κ3) is 0.661. The van der Waals surface area contributed by atoms with Crippen LogP contribution in [0.25, 0.3) is 0 Å². The quantitative estimate of drug-likeness (QED) is 0.623. The highest BCUT2D eigenvalue weighted by molar-refractivity contribution is 5.38. The summed E-state index contributed by atoms with van der Waals surface area (Å²) in [6, 6.07) is 2.36. The van der Waals surface area contributed by atoms with E-state index in [1.165, 1.54) is 24.0 Å². The number of pyridine rings is 1. The molecule has 0 radical (unpaired) electrons. The fourth-order valence-corrected chi connectivity index (χ4v) is 2.36. The summed E-state index contributed by atoms with van der Waals surface area (Å²) < 4.78 is 0. The summed E-state index contributed by atoms with van der Waals surface area (Å²) in [5.41, 5.74) is 9.32. The van der Waals surface area contributed by atoms with E-state index in [1.807, 2.05) is 12.4 Å². The zero-order valence-corrected chi connectivity index (χ0v) is 6.96. The van der Waals surface area contributed by atoms with E-state index in [-0.39, 0.29) is 6.04 Å². The highest BCUT2D eigenvalue weighted by Crippen LogP contribution is 2.60. The van der Waals surface area contributed by atoms with Gasteiger partial charge in [-0.2, -0.15) is 0 Å². The predicted octanol–water partition coefficient (Wildman–Crippen LogP) is 1.42. The van der Waals surface area contributed by atoms with E-state index in [1.54, 1.807) is 0 Å². The highest BCUT2D eigenvalue weighted by atomic mass is 14.8. The number of nitrogens with zero attached hydrogens (tertiary/aromatic N) is 1. The zero-order chi connectivity index (χ0) is 8.18. The van der Waals surface area contributed by atoms with Gasteiger partial charge in [0.15, 0.2) is 0 Å². The van der Waals surface area contributed by atoms with Gasteiger partial charge in [-0.1, -0.05) is 0 Å². The zero-order valence-electron chi connectivity index (χ0n) is 6.96. The summed E-state index contributed by atoms with van der Waals surface area (Å²) in [5.74, 6) is 0. The summed E-state index contributed by atoms with van der Waals surface area (Å²) in [6.45, 7) is 0. The van der Waals surface area contributed by atoms with E-state index in [2.05, 4.69) is 11.1 Å². The van der Waals surface area contributed by atoms with Crippen LogP contribution < -0.4 is 5.73 Å². The lowest BCUT2D eigenvalue weighted by Gasteiger charge is -2.12. The van der Waals surface area contributed by atoms with Crippen LogP contribution in [0.2, 0.25) is 0 Å². The molecule has 0 aliphatic heterocycles. The molecule has 1 spiro atoms. The minimum atomic E-state index is 0.287.